The molecule has 0 aromatic rings. The average molecular weight is 977 g/mol. The molecule has 0 rings (SSSR count). The first kappa shape index (κ1) is 51.3. The standard InChI is InChI=1S/C2H6O.4H3O4P.3W/c1-2-3;4*1-5(2,3)4;;;/h3H,2H2,1H3;4*(H3,1,2,3,4);;;/q;;;;;3*+4/p-12. The van der Waals surface area contributed by atoms with Crippen molar-refractivity contribution in [1.29, 1.82) is 0 Å². The van der Waals surface area contributed by atoms with Crippen LogP contribution in [0.15, 0.2) is 0 Å². The first-order valence-corrected chi connectivity index (χ1v) is 9.79. The Hall–Kier alpha value is 2.46. The van der Waals surface area contributed by atoms with Crippen molar-refractivity contribution >= 4 is 31.3 Å². The van der Waals surface area contributed by atoms with Gasteiger partial charge in [0.05, 0.1) is 0 Å². The van der Waals surface area contributed by atoms with Crippen LogP contribution in [0.3, 0.4) is 0 Å². The van der Waals surface area contributed by atoms with Gasteiger partial charge in [-0.15, -0.1) is 0 Å². The fourth-order valence-corrected chi connectivity index (χ4v) is 0. The molecule has 0 aliphatic heterocycles. The minimum absolute atomic E-state index is 0. The summed E-state index contributed by atoms with van der Waals surface area (Å²) in [4.78, 5) is 103. The predicted molar refractivity (Wildman–Crippen MR) is 43.2 cm³/mol. The molecule has 0 atom stereocenters. The van der Waals surface area contributed by atoms with Crippen LogP contribution in [-0.2, 0) is 81.5 Å². The molecule has 0 unspecified atom stereocenters. The maximum absolute atomic E-state index is 8.55. The Morgan fingerprint density at radius 1 is 0.500 bits per heavy atom. The molecule has 0 bridgehead atoms. The van der Waals surface area contributed by atoms with Crippen LogP contribution in [0.4, 0.5) is 0 Å². The van der Waals surface area contributed by atoms with Gasteiger partial charge in [-0.1, -0.05) is 0 Å². The van der Waals surface area contributed by atoms with Gasteiger partial charge in [-0.2, -0.15) is 31.3 Å². The summed E-state index contributed by atoms with van der Waals surface area (Å²) in [6, 6.07) is 0. The van der Waals surface area contributed by atoms with E-state index in [-0.39, 0.29) is 69.8 Å². The second-order valence-electron chi connectivity index (χ2n) is 2.11. The monoisotopic (exact) mass is 978 g/mol. The van der Waals surface area contributed by atoms with Crippen LogP contribution in [0.1, 0.15) is 6.92 Å². The second-order valence-corrected chi connectivity index (χ2v) is 5.68. The van der Waals surface area contributed by atoms with E-state index in [1.807, 2.05) is 0 Å². The Morgan fingerprint density at radius 2 is 0.500 bits per heavy atom. The summed E-state index contributed by atoms with van der Waals surface area (Å²) < 4.78 is 34.2. The molecule has 1 N–H and O–H groups in total. The van der Waals surface area contributed by atoms with Gasteiger partial charge in [-0.25, -0.2) is 0 Å². The topological polar surface area (TPSA) is 365 Å². The molecule has 0 aliphatic rings. The number of aliphatic hydroxyl groups excluding tert-OH is 1. The van der Waals surface area contributed by atoms with Crippen molar-refractivity contribution in [3.63, 3.8) is 0 Å². The summed E-state index contributed by atoms with van der Waals surface area (Å²) in [7, 11) is -21.6. The summed E-state index contributed by atoms with van der Waals surface area (Å²) in [6.45, 7) is 1.93. The summed E-state index contributed by atoms with van der Waals surface area (Å²) in [5.74, 6) is 0. The number of hydrogen-bond donors (Lipinski definition) is 1. The van der Waals surface area contributed by atoms with Gasteiger partial charge in [0.15, 0.2) is 0 Å². The summed E-state index contributed by atoms with van der Waals surface area (Å²) in [6.07, 6.45) is 0. The van der Waals surface area contributed by atoms with Crippen molar-refractivity contribution in [2.24, 2.45) is 0 Å². The van der Waals surface area contributed by atoms with Gasteiger partial charge in [0, 0.05) is 6.61 Å². The minimum Gasteiger partial charge on any atom is -0.822 e. The Kier molecular flexibility index (Phi) is 50.3. The normalized spacial score (nSPS) is 9.77. The predicted octanol–water partition coefficient (Wildman–Crippen LogP) is -11.3. The zero-order chi connectivity index (χ0) is 20.7. The van der Waals surface area contributed by atoms with Crippen LogP contribution in [0.2, 0.25) is 0 Å². The van der Waals surface area contributed by atoms with Crippen molar-refractivity contribution in [3.05, 3.63) is 0 Å². The van der Waals surface area contributed by atoms with Gasteiger partial charge in [0.2, 0.25) is 0 Å². The molecule has 154 valence electrons. The molecule has 17 nitrogen and oxygen atoms in total. The van der Waals surface area contributed by atoms with E-state index in [1.54, 1.807) is 6.92 Å². The van der Waals surface area contributed by atoms with Gasteiger partial charge >= 0.3 is 63.2 Å². The van der Waals surface area contributed by atoms with Crippen molar-refractivity contribution in [3.8, 4) is 0 Å². The Morgan fingerprint density at radius 3 is 0.500 bits per heavy atom. The molecule has 0 saturated carbocycles. The molecular weight excluding hydrogens is 971 g/mol. The van der Waals surface area contributed by atoms with Crippen LogP contribution in [0, 0.1) is 0 Å². The molecule has 0 spiro atoms. The van der Waals surface area contributed by atoms with Gasteiger partial charge in [-0.3, -0.25) is 0 Å². The van der Waals surface area contributed by atoms with Crippen molar-refractivity contribution in [1.82, 2.24) is 0 Å². The van der Waals surface area contributed by atoms with E-state index in [4.69, 9.17) is 82.1 Å². The number of phosphoric acid groups is 4. The van der Waals surface area contributed by atoms with E-state index in [9.17, 15) is 0 Å². The Balaban J connectivity index is -0.0000000255. The fourth-order valence-electron chi connectivity index (χ4n) is 0. The first-order valence-electron chi connectivity index (χ1n) is 3.94. The molecule has 0 fully saturated rings. The van der Waals surface area contributed by atoms with Crippen LogP contribution < -0.4 is 58.7 Å². The molecular formula is C2H6O17P4W3. The van der Waals surface area contributed by atoms with Crippen molar-refractivity contribution in [2.45, 2.75) is 6.92 Å². The van der Waals surface area contributed by atoms with E-state index in [2.05, 4.69) is 0 Å². The first-order chi connectivity index (χ1) is 9.41. The number of hydrogen-bond acceptors (Lipinski definition) is 17. The third-order valence-electron chi connectivity index (χ3n) is 0. The minimum atomic E-state index is -5.39. The maximum Gasteiger partial charge on any atom is 4.00 e. The van der Waals surface area contributed by atoms with Crippen LogP contribution in [0.5, 0.6) is 0 Å². The molecule has 0 aliphatic carbocycles. The molecule has 0 saturated heterocycles. The summed E-state index contributed by atoms with van der Waals surface area (Å²) >= 11 is 0. The number of rotatable bonds is 0. The SMILES string of the molecule is CCO.O=P([O-])([O-])[O-].O=P([O-])([O-])[O-].O=P([O-])([O-])[O-].O=P([O-])([O-])[O-].[W+4].[W+4].[W+4]. The zero-order valence-corrected chi connectivity index (χ0v) is 24.1. The summed E-state index contributed by atoms with van der Waals surface area (Å²) in [5.41, 5.74) is 0. The van der Waals surface area contributed by atoms with Crippen molar-refractivity contribution in [2.75, 3.05) is 6.61 Å². The molecule has 0 amide bonds. The largest absolute Gasteiger partial charge is 4.00 e. The maximum atomic E-state index is 8.55. The van der Waals surface area contributed by atoms with E-state index < -0.39 is 31.3 Å². The van der Waals surface area contributed by atoms with Gasteiger partial charge in [0.25, 0.3) is 0 Å². The van der Waals surface area contributed by atoms with Crippen molar-refractivity contribution < 1.29 is 145 Å². The molecule has 24 heteroatoms. The summed E-state index contributed by atoms with van der Waals surface area (Å²) in [5, 5.41) is 7.57. The Bertz CT molecular complexity index is 316. The molecule has 26 heavy (non-hydrogen) atoms. The van der Waals surface area contributed by atoms with Crippen LogP contribution in [-0.4, -0.2) is 11.7 Å². The second kappa shape index (κ2) is 25.5. The quantitative estimate of drug-likeness (QED) is 0.220. The fraction of sp³-hybridized carbons (Fsp3) is 1.00. The van der Waals surface area contributed by atoms with E-state index in [0.29, 0.717) is 0 Å². The molecule has 0 heterocycles. The molecule has 0 radical (unpaired) electrons. The molecule has 0 aromatic carbocycles. The Labute approximate surface area is 189 Å². The smallest absolute Gasteiger partial charge is 0.822 e. The zero-order valence-electron chi connectivity index (χ0n) is 11.7. The third kappa shape index (κ3) is 2820. The van der Waals surface area contributed by atoms with Crippen LogP contribution >= 0.6 is 31.3 Å². The van der Waals surface area contributed by atoms with E-state index >= 15 is 0 Å². The third-order valence-corrected chi connectivity index (χ3v) is 0. The van der Waals surface area contributed by atoms with E-state index in [0.717, 1.165) is 0 Å². The molecule has 0 aromatic heterocycles. The number of aliphatic hydroxyl groups is 1. The average Bonchev–Trinajstić information content (AvgIpc) is 1.87. The van der Waals surface area contributed by atoms with Gasteiger partial charge < -0.3 is 82.1 Å². The van der Waals surface area contributed by atoms with E-state index in [1.165, 1.54) is 0 Å². The van der Waals surface area contributed by atoms with Gasteiger partial charge in [0.1, 0.15) is 0 Å². The van der Waals surface area contributed by atoms with Gasteiger partial charge in [-0.05, 0) is 6.92 Å². The van der Waals surface area contributed by atoms with Crippen LogP contribution in [0.25, 0.3) is 0 Å².